The highest BCUT2D eigenvalue weighted by Gasteiger charge is 2.37. The Balaban J connectivity index is 1.95. The lowest BCUT2D eigenvalue weighted by molar-refractivity contribution is -0.147. The molecule has 3 atom stereocenters. The molecule has 1 amide bonds. The number of benzene rings is 1. The summed E-state index contributed by atoms with van der Waals surface area (Å²) in [4.78, 5) is 23.4. The SMILES string of the molecule is CC1CNC(C(=O)NCc2ccccc2)C(C(=O)O)C1. The number of carboxylic acid groups (broad SMARTS) is 1. The molecule has 1 fully saturated rings. The van der Waals surface area contributed by atoms with Crippen molar-refractivity contribution in [2.75, 3.05) is 6.54 Å². The summed E-state index contributed by atoms with van der Waals surface area (Å²) in [5.74, 6) is -1.54. The standard InChI is InChI=1S/C15H20N2O3/c1-10-7-12(15(19)20)13(16-8-10)14(18)17-9-11-5-3-2-4-6-11/h2-6,10,12-13,16H,7-9H2,1H3,(H,17,18)(H,19,20). The lowest BCUT2D eigenvalue weighted by Gasteiger charge is -2.32. The van der Waals surface area contributed by atoms with Crippen molar-refractivity contribution < 1.29 is 14.7 Å². The molecule has 20 heavy (non-hydrogen) atoms. The minimum absolute atomic E-state index is 0.242. The number of rotatable bonds is 4. The quantitative estimate of drug-likeness (QED) is 0.766. The number of hydrogen-bond donors (Lipinski definition) is 3. The number of nitrogens with one attached hydrogen (secondary N) is 2. The molecule has 2 rings (SSSR count). The van der Waals surface area contributed by atoms with E-state index in [-0.39, 0.29) is 11.8 Å². The number of carbonyl (C=O) groups is 2. The summed E-state index contributed by atoms with van der Waals surface area (Å²) in [6.45, 7) is 3.08. The maximum absolute atomic E-state index is 12.2. The Morgan fingerprint density at radius 3 is 2.70 bits per heavy atom. The van der Waals surface area contributed by atoms with Gasteiger partial charge in [0.15, 0.2) is 0 Å². The van der Waals surface area contributed by atoms with Crippen molar-refractivity contribution in [1.29, 1.82) is 0 Å². The zero-order valence-corrected chi connectivity index (χ0v) is 11.5. The van der Waals surface area contributed by atoms with Gasteiger partial charge in [0.25, 0.3) is 0 Å². The Morgan fingerprint density at radius 1 is 1.35 bits per heavy atom. The van der Waals surface area contributed by atoms with Crippen LogP contribution in [0.5, 0.6) is 0 Å². The lowest BCUT2D eigenvalue weighted by Crippen LogP contribution is -2.55. The maximum atomic E-state index is 12.2. The molecule has 0 aliphatic carbocycles. The van der Waals surface area contributed by atoms with E-state index >= 15 is 0 Å². The minimum atomic E-state index is -0.913. The first-order valence-corrected chi connectivity index (χ1v) is 6.85. The largest absolute Gasteiger partial charge is 0.481 e. The summed E-state index contributed by atoms with van der Waals surface area (Å²) in [6.07, 6.45) is 0.533. The highest BCUT2D eigenvalue weighted by molar-refractivity contribution is 5.87. The second-order valence-corrected chi connectivity index (χ2v) is 5.37. The highest BCUT2D eigenvalue weighted by atomic mass is 16.4. The van der Waals surface area contributed by atoms with Crippen LogP contribution in [0.3, 0.4) is 0 Å². The number of hydrogen-bond acceptors (Lipinski definition) is 3. The topological polar surface area (TPSA) is 78.4 Å². The van der Waals surface area contributed by atoms with Gasteiger partial charge in [-0.2, -0.15) is 0 Å². The Labute approximate surface area is 118 Å². The van der Waals surface area contributed by atoms with Gasteiger partial charge in [0.2, 0.25) is 5.91 Å². The van der Waals surface area contributed by atoms with Gasteiger partial charge < -0.3 is 15.7 Å². The molecule has 5 heteroatoms. The normalized spacial score (nSPS) is 25.9. The molecular formula is C15H20N2O3. The predicted molar refractivity (Wildman–Crippen MR) is 75.0 cm³/mol. The van der Waals surface area contributed by atoms with Crippen molar-refractivity contribution in [3.05, 3.63) is 35.9 Å². The first-order chi connectivity index (χ1) is 9.58. The van der Waals surface area contributed by atoms with E-state index in [0.717, 1.165) is 5.56 Å². The molecule has 0 spiro atoms. The molecule has 0 bridgehead atoms. The molecule has 1 saturated heterocycles. The van der Waals surface area contributed by atoms with E-state index in [4.69, 9.17) is 0 Å². The third-order valence-corrected chi connectivity index (χ3v) is 3.65. The molecule has 3 N–H and O–H groups in total. The Morgan fingerprint density at radius 2 is 2.05 bits per heavy atom. The number of piperidine rings is 1. The maximum Gasteiger partial charge on any atom is 0.308 e. The van der Waals surface area contributed by atoms with Crippen LogP contribution in [0.25, 0.3) is 0 Å². The first kappa shape index (κ1) is 14.5. The summed E-state index contributed by atoms with van der Waals surface area (Å²) in [5.41, 5.74) is 0.997. The zero-order valence-electron chi connectivity index (χ0n) is 11.5. The minimum Gasteiger partial charge on any atom is -0.481 e. The van der Waals surface area contributed by atoms with E-state index < -0.39 is 17.9 Å². The first-order valence-electron chi connectivity index (χ1n) is 6.85. The van der Waals surface area contributed by atoms with Gasteiger partial charge in [0.1, 0.15) is 6.04 Å². The Hall–Kier alpha value is -1.88. The Bertz CT molecular complexity index is 475. The van der Waals surface area contributed by atoms with Crippen molar-refractivity contribution in [3.8, 4) is 0 Å². The van der Waals surface area contributed by atoms with E-state index in [1.807, 2.05) is 37.3 Å². The smallest absolute Gasteiger partial charge is 0.308 e. The van der Waals surface area contributed by atoms with Gasteiger partial charge in [0.05, 0.1) is 5.92 Å². The van der Waals surface area contributed by atoms with Crippen molar-refractivity contribution in [3.63, 3.8) is 0 Å². The van der Waals surface area contributed by atoms with Gasteiger partial charge in [-0.25, -0.2) is 0 Å². The molecule has 5 nitrogen and oxygen atoms in total. The van der Waals surface area contributed by atoms with Crippen LogP contribution in [-0.4, -0.2) is 29.6 Å². The van der Waals surface area contributed by atoms with Crippen LogP contribution in [0.1, 0.15) is 18.9 Å². The third kappa shape index (κ3) is 3.57. The summed E-state index contributed by atoms with van der Waals surface area (Å²) < 4.78 is 0. The average Bonchev–Trinajstić information content (AvgIpc) is 2.45. The molecule has 1 aliphatic rings. The molecule has 3 unspecified atom stereocenters. The second-order valence-electron chi connectivity index (χ2n) is 5.37. The van der Waals surface area contributed by atoms with Gasteiger partial charge in [-0.15, -0.1) is 0 Å². The van der Waals surface area contributed by atoms with Crippen molar-refractivity contribution >= 4 is 11.9 Å². The van der Waals surface area contributed by atoms with Gasteiger partial charge in [-0.3, -0.25) is 9.59 Å². The van der Waals surface area contributed by atoms with Crippen LogP contribution >= 0.6 is 0 Å². The van der Waals surface area contributed by atoms with Crippen LogP contribution in [0.4, 0.5) is 0 Å². The molecular weight excluding hydrogens is 256 g/mol. The van der Waals surface area contributed by atoms with Gasteiger partial charge in [-0.1, -0.05) is 37.3 Å². The molecule has 1 heterocycles. The van der Waals surface area contributed by atoms with Crippen LogP contribution < -0.4 is 10.6 Å². The fourth-order valence-electron chi connectivity index (χ4n) is 2.54. The monoisotopic (exact) mass is 276 g/mol. The summed E-state index contributed by atoms with van der Waals surface area (Å²) in [7, 11) is 0. The van der Waals surface area contributed by atoms with Gasteiger partial charge in [0, 0.05) is 6.54 Å². The number of aliphatic carboxylic acids is 1. The van der Waals surface area contributed by atoms with Crippen LogP contribution in [0, 0.1) is 11.8 Å². The summed E-state index contributed by atoms with van der Waals surface area (Å²) in [5, 5.41) is 15.1. The number of carbonyl (C=O) groups excluding carboxylic acids is 1. The summed E-state index contributed by atoms with van der Waals surface area (Å²) in [6, 6.07) is 8.92. The second kappa shape index (κ2) is 6.52. The number of carboxylic acids is 1. The number of amides is 1. The Kier molecular flexibility index (Phi) is 4.74. The van der Waals surface area contributed by atoms with Crippen molar-refractivity contribution in [2.45, 2.75) is 25.9 Å². The molecule has 1 aromatic rings. The molecule has 0 saturated carbocycles. The fraction of sp³-hybridized carbons (Fsp3) is 0.467. The lowest BCUT2D eigenvalue weighted by atomic mass is 9.85. The average molecular weight is 276 g/mol. The third-order valence-electron chi connectivity index (χ3n) is 3.65. The zero-order chi connectivity index (χ0) is 14.5. The van der Waals surface area contributed by atoms with Crippen LogP contribution in [-0.2, 0) is 16.1 Å². The van der Waals surface area contributed by atoms with Crippen LogP contribution in [0.15, 0.2) is 30.3 Å². The van der Waals surface area contributed by atoms with E-state index in [2.05, 4.69) is 10.6 Å². The fourth-order valence-corrected chi connectivity index (χ4v) is 2.54. The van der Waals surface area contributed by atoms with E-state index in [1.54, 1.807) is 0 Å². The van der Waals surface area contributed by atoms with Gasteiger partial charge >= 0.3 is 5.97 Å². The van der Waals surface area contributed by atoms with Gasteiger partial charge in [-0.05, 0) is 24.4 Å². The highest BCUT2D eigenvalue weighted by Crippen LogP contribution is 2.21. The van der Waals surface area contributed by atoms with E-state index in [9.17, 15) is 14.7 Å². The predicted octanol–water partition coefficient (Wildman–Crippen LogP) is 1.00. The molecule has 0 radical (unpaired) electrons. The molecule has 0 aromatic heterocycles. The van der Waals surface area contributed by atoms with E-state index in [1.165, 1.54) is 0 Å². The van der Waals surface area contributed by atoms with Crippen LogP contribution in [0.2, 0.25) is 0 Å². The molecule has 108 valence electrons. The summed E-state index contributed by atoms with van der Waals surface area (Å²) >= 11 is 0. The van der Waals surface area contributed by atoms with Crippen molar-refractivity contribution in [2.24, 2.45) is 11.8 Å². The van der Waals surface area contributed by atoms with E-state index in [0.29, 0.717) is 19.5 Å². The van der Waals surface area contributed by atoms with Crippen molar-refractivity contribution in [1.82, 2.24) is 10.6 Å². The molecule has 1 aliphatic heterocycles. The molecule has 1 aromatic carbocycles.